The van der Waals surface area contributed by atoms with Gasteiger partial charge >= 0.3 is 0 Å². The van der Waals surface area contributed by atoms with Crippen molar-refractivity contribution in [2.75, 3.05) is 26.1 Å². The number of halogens is 1. The molecule has 46 heavy (non-hydrogen) atoms. The molecular weight excluding hydrogens is 626 g/mol. The van der Waals surface area contributed by atoms with Crippen molar-refractivity contribution >= 4 is 58.1 Å². The number of hydrogen-bond acceptors (Lipinski definition) is 7. The SMILES string of the molecule is CC(C)(C)C.CC=O.COCC1=C(C(C)=O)N2C(=O)C(NC(=O)COc3ccc4c(c3)CCc3c-4[nH]c4ccc(Cl)cc34)C2SC1. The summed E-state index contributed by atoms with van der Waals surface area (Å²) >= 11 is 7.73. The van der Waals surface area contributed by atoms with E-state index in [1.165, 1.54) is 36.1 Å². The molecule has 9 nitrogen and oxygen atoms in total. The third-order valence-corrected chi connectivity index (χ3v) is 8.82. The van der Waals surface area contributed by atoms with Crippen LogP contribution in [0.1, 0.15) is 52.7 Å². The Bertz CT molecular complexity index is 1670. The highest BCUT2D eigenvalue weighted by Gasteiger charge is 2.53. The van der Waals surface area contributed by atoms with Crippen LogP contribution in [0.25, 0.3) is 22.2 Å². The lowest BCUT2D eigenvalue weighted by molar-refractivity contribution is -0.147. The zero-order valence-electron chi connectivity index (χ0n) is 27.4. The maximum absolute atomic E-state index is 12.8. The Hall–Kier alpha value is -3.60. The van der Waals surface area contributed by atoms with Gasteiger partial charge in [0, 0.05) is 47.0 Å². The van der Waals surface area contributed by atoms with E-state index in [-0.39, 0.29) is 29.6 Å². The van der Waals surface area contributed by atoms with E-state index in [1.807, 2.05) is 36.4 Å². The van der Waals surface area contributed by atoms with Crippen molar-refractivity contribution in [3.05, 3.63) is 63.8 Å². The minimum absolute atomic E-state index is 0.181. The molecule has 246 valence electrons. The minimum Gasteiger partial charge on any atom is -0.484 e. The number of allylic oxidation sites excluding steroid dienone is 1. The van der Waals surface area contributed by atoms with Gasteiger partial charge in [0.05, 0.1) is 12.3 Å². The zero-order chi connectivity index (χ0) is 33.8. The van der Waals surface area contributed by atoms with Crippen LogP contribution in [-0.2, 0) is 36.8 Å². The van der Waals surface area contributed by atoms with E-state index in [2.05, 4.69) is 38.0 Å². The summed E-state index contributed by atoms with van der Waals surface area (Å²) in [7, 11) is 1.56. The van der Waals surface area contributed by atoms with Crippen LogP contribution in [0.5, 0.6) is 5.75 Å². The van der Waals surface area contributed by atoms with Gasteiger partial charge in [-0.05, 0) is 78.3 Å². The zero-order valence-corrected chi connectivity index (χ0v) is 29.0. The second-order valence-electron chi connectivity index (χ2n) is 12.9. The van der Waals surface area contributed by atoms with Gasteiger partial charge in [0.1, 0.15) is 23.5 Å². The average molecular weight is 668 g/mol. The Kier molecular flexibility index (Phi) is 11.4. The van der Waals surface area contributed by atoms with Gasteiger partial charge in [-0.3, -0.25) is 19.3 Å². The van der Waals surface area contributed by atoms with E-state index in [0.29, 0.717) is 29.2 Å². The number of β-lactam (4-membered cyclic amide) rings is 1. The summed E-state index contributed by atoms with van der Waals surface area (Å²) in [6.07, 6.45) is 2.49. The minimum atomic E-state index is -0.688. The van der Waals surface area contributed by atoms with Crippen LogP contribution >= 0.6 is 23.4 Å². The van der Waals surface area contributed by atoms with Gasteiger partial charge in [-0.25, -0.2) is 0 Å². The molecule has 2 aromatic carbocycles. The third-order valence-electron chi connectivity index (χ3n) is 7.24. The average Bonchev–Trinajstić information content (AvgIpc) is 3.36. The number of aryl methyl sites for hydroxylation is 2. The Morgan fingerprint density at radius 3 is 2.50 bits per heavy atom. The lowest BCUT2D eigenvalue weighted by atomic mass is 9.89. The number of aldehydes is 1. The maximum Gasteiger partial charge on any atom is 0.258 e. The Labute approximate surface area is 279 Å². The van der Waals surface area contributed by atoms with Crippen molar-refractivity contribution in [2.24, 2.45) is 5.41 Å². The van der Waals surface area contributed by atoms with Gasteiger partial charge in [-0.1, -0.05) is 39.3 Å². The molecule has 1 fully saturated rings. The van der Waals surface area contributed by atoms with Crippen molar-refractivity contribution in [3.8, 4) is 17.0 Å². The lowest BCUT2D eigenvalue weighted by Gasteiger charge is -2.50. The molecule has 2 atom stereocenters. The fraction of sp³-hybridized carbons (Fsp3) is 0.429. The number of nitrogens with one attached hydrogen (secondary N) is 2. The summed E-state index contributed by atoms with van der Waals surface area (Å²) in [5.41, 5.74) is 7.36. The number of carbonyl (C=O) groups excluding carboxylic acids is 4. The predicted molar refractivity (Wildman–Crippen MR) is 183 cm³/mol. The maximum atomic E-state index is 12.8. The van der Waals surface area contributed by atoms with Crippen LogP contribution in [0.4, 0.5) is 0 Å². The monoisotopic (exact) mass is 667 g/mol. The quantitative estimate of drug-likeness (QED) is 0.231. The molecule has 11 heteroatoms. The molecule has 1 aliphatic carbocycles. The first kappa shape index (κ1) is 35.3. The predicted octanol–water partition coefficient (Wildman–Crippen LogP) is 6.11. The van der Waals surface area contributed by atoms with E-state index >= 15 is 0 Å². The Morgan fingerprint density at radius 1 is 1.15 bits per heavy atom. The largest absolute Gasteiger partial charge is 0.484 e. The number of Topliss-reactive ketones (excluding diaryl/α,β-unsaturated/α-hetero) is 1. The number of carbonyl (C=O) groups is 4. The molecule has 2 N–H and O–H groups in total. The fourth-order valence-electron chi connectivity index (χ4n) is 5.58. The van der Waals surface area contributed by atoms with E-state index in [4.69, 9.17) is 25.9 Å². The number of methoxy groups -OCH3 is 1. The summed E-state index contributed by atoms with van der Waals surface area (Å²) in [6.45, 7) is 11.7. The first-order valence-electron chi connectivity index (χ1n) is 15.2. The molecule has 0 saturated carbocycles. The summed E-state index contributed by atoms with van der Waals surface area (Å²) in [5, 5.41) is 4.34. The molecule has 3 aromatic rings. The van der Waals surface area contributed by atoms with Crippen LogP contribution in [0.2, 0.25) is 5.02 Å². The molecule has 0 radical (unpaired) electrons. The standard InChI is InChI=1S/C28H26ClN3O5S.C5H12.C2H4O/c1-14(33)26-16(11-36-2)13-38-28-25(27(35)32(26)28)31-23(34)12-37-18-5-7-19-15(9-18)3-6-20-21-10-17(29)4-8-22(21)30-24(19)20;1-5(2,3)4;1-2-3/h4-5,7-10,25,28,30H,3,6,11-13H2,1-2H3,(H,31,34);1-4H3;2H,1H3. The highest BCUT2D eigenvalue weighted by atomic mass is 35.5. The van der Waals surface area contributed by atoms with Gasteiger partial charge in [0.2, 0.25) is 0 Å². The number of fused-ring (bicyclic) bond motifs is 6. The number of amides is 2. The van der Waals surface area contributed by atoms with Crippen LogP contribution in [0.3, 0.4) is 0 Å². The number of aromatic amines is 1. The number of rotatable bonds is 7. The first-order valence-corrected chi connectivity index (χ1v) is 16.6. The summed E-state index contributed by atoms with van der Waals surface area (Å²) in [5.74, 6) is 0.312. The number of hydrogen-bond donors (Lipinski definition) is 2. The fourth-order valence-corrected chi connectivity index (χ4v) is 7.08. The summed E-state index contributed by atoms with van der Waals surface area (Å²) in [6, 6.07) is 11.0. The van der Waals surface area contributed by atoms with Gasteiger partial charge in [-0.2, -0.15) is 0 Å². The second-order valence-corrected chi connectivity index (χ2v) is 14.4. The van der Waals surface area contributed by atoms with Crippen molar-refractivity contribution < 1.29 is 28.7 Å². The number of aromatic nitrogens is 1. The molecule has 3 aliphatic rings. The van der Waals surface area contributed by atoms with Crippen LogP contribution in [-0.4, -0.2) is 71.3 Å². The normalized spacial score (nSPS) is 18.1. The highest BCUT2D eigenvalue weighted by Crippen LogP contribution is 2.41. The molecule has 3 heterocycles. The lowest BCUT2D eigenvalue weighted by Crippen LogP contribution is -2.70. The topological polar surface area (TPSA) is 118 Å². The molecule has 2 unspecified atom stereocenters. The molecule has 0 spiro atoms. The van der Waals surface area contributed by atoms with Crippen LogP contribution < -0.4 is 10.1 Å². The van der Waals surface area contributed by atoms with Crippen molar-refractivity contribution in [1.29, 1.82) is 0 Å². The van der Waals surface area contributed by atoms with Crippen molar-refractivity contribution in [1.82, 2.24) is 15.2 Å². The van der Waals surface area contributed by atoms with Gasteiger partial charge in [-0.15, -0.1) is 11.8 Å². The van der Waals surface area contributed by atoms with E-state index in [0.717, 1.165) is 57.4 Å². The number of nitrogens with zero attached hydrogens (tertiary/aromatic N) is 1. The van der Waals surface area contributed by atoms with Crippen LogP contribution in [0, 0.1) is 5.41 Å². The molecular formula is C35H42ClN3O6S. The smallest absolute Gasteiger partial charge is 0.258 e. The molecule has 2 amide bonds. The van der Waals surface area contributed by atoms with E-state index < -0.39 is 6.04 Å². The number of H-pyrrole nitrogens is 1. The van der Waals surface area contributed by atoms with E-state index in [9.17, 15) is 14.4 Å². The van der Waals surface area contributed by atoms with Crippen molar-refractivity contribution in [3.63, 3.8) is 0 Å². The Morgan fingerprint density at radius 2 is 1.85 bits per heavy atom. The van der Waals surface area contributed by atoms with E-state index in [1.54, 1.807) is 7.11 Å². The molecule has 6 rings (SSSR count). The first-order chi connectivity index (χ1) is 21.8. The number of thioether (sulfide) groups is 1. The number of ether oxygens (including phenoxy) is 2. The summed E-state index contributed by atoms with van der Waals surface area (Å²) in [4.78, 5) is 51.5. The van der Waals surface area contributed by atoms with Crippen molar-refractivity contribution in [2.45, 2.75) is 65.8 Å². The number of benzene rings is 2. The summed E-state index contributed by atoms with van der Waals surface area (Å²) < 4.78 is 11.0. The Balaban J connectivity index is 0.000000541. The second kappa shape index (κ2) is 14.9. The van der Waals surface area contributed by atoms with Gasteiger partial charge < -0.3 is 24.6 Å². The third kappa shape index (κ3) is 8.03. The molecule has 0 bridgehead atoms. The molecule has 1 saturated heterocycles. The number of ketones is 1. The van der Waals surface area contributed by atoms with Gasteiger partial charge in [0.15, 0.2) is 12.4 Å². The van der Waals surface area contributed by atoms with Gasteiger partial charge in [0.25, 0.3) is 11.8 Å². The highest BCUT2D eigenvalue weighted by molar-refractivity contribution is 8.00. The molecule has 1 aromatic heterocycles. The van der Waals surface area contributed by atoms with Crippen LogP contribution in [0.15, 0.2) is 47.7 Å². The molecule has 2 aliphatic heterocycles.